The summed E-state index contributed by atoms with van der Waals surface area (Å²) in [5.41, 5.74) is 10.7. The quantitative estimate of drug-likeness (QED) is 0.178. The molecule has 4 rings (SSSR count). The van der Waals surface area contributed by atoms with Crippen molar-refractivity contribution in [3.63, 3.8) is 0 Å². The average Bonchev–Trinajstić information content (AvgIpc) is 3.11. The summed E-state index contributed by atoms with van der Waals surface area (Å²) in [6.45, 7) is 0.345. The van der Waals surface area contributed by atoms with E-state index in [0.717, 1.165) is 25.7 Å². The average molecular weight is 383 g/mol. The third kappa shape index (κ3) is 2.85. The number of carbonyl (C=O) groups is 1. The Bertz CT molecular complexity index is 688. The molecule has 3 heterocycles. The van der Waals surface area contributed by atoms with Crippen LogP contribution in [-0.2, 0) is 4.74 Å². The second-order valence-electron chi connectivity index (χ2n) is 7.86. The van der Waals surface area contributed by atoms with Crippen LogP contribution in [0.15, 0.2) is 0 Å². The van der Waals surface area contributed by atoms with E-state index in [4.69, 9.17) is 16.2 Å². The first kappa shape index (κ1) is 18.1. The van der Waals surface area contributed by atoms with Crippen molar-refractivity contribution < 1.29 is 29.3 Å². The Balaban J connectivity index is 1.47. The molecule has 1 saturated carbocycles. The lowest BCUT2D eigenvalue weighted by molar-refractivity contribution is -0.674. The monoisotopic (exact) mass is 383 g/mol. The van der Waals surface area contributed by atoms with Gasteiger partial charge in [-0.1, -0.05) is 19.3 Å². The molecule has 3 atom stereocenters. The predicted molar refractivity (Wildman–Crippen MR) is 94.2 cm³/mol. The Morgan fingerprint density at radius 1 is 1.33 bits per heavy atom. The largest absolute Gasteiger partial charge is 0.446 e. The zero-order valence-electron chi connectivity index (χ0n) is 15.2. The summed E-state index contributed by atoms with van der Waals surface area (Å²) >= 11 is 0. The van der Waals surface area contributed by atoms with Gasteiger partial charge in [-0.2, -0.15) is 0 Å². The molecule has 4 aliphatic rings. The number of hydrogen-bond acceptors (Lipinski definition) is 8. The first-order valence-corrected chi connectivity index (χ1v) is 9.55. The molecule has 1 amide bonds. The third-order valence-corrected chi connectivity index (χ3v) is 6.15. The first-order valence-electron chi connectivity index (χ1n) is 9.55. The van der Waals surface area contributed by atoms with Gasteiger partial charge < -0.3 is 20.3 Å². The summed E-state index contributed by atoms with van der Waals surface area (Å²) in [4.78, 5) is 15.2. The Hall–Kier alpha value is -2.27. The van der Waals surface area contributed by atoms with Gasteiger partial charge >= 0.3 is 18.0 Å². The Labute approximate surface area is 156 Å². The Morgan fingerprint density at radius 2 is 2.07 bits per heavy atom. The van der Waals surface area contributed by atoms with Crippen LogP contribution in [0.3, 0.4) is 0 Å². The number of nitrogens with two attached hydrogens (primary N) is 2. The maximum Gasteiger partial charge on any atom is 0.407 e. The highest BCUT2D eigenvalue weighted by Gasteiger charge is 2.74. The number of ether oxygens (including phenoxy) is 1. The second kappa shape index (κ2) is 6.41. The Kier molecular flexibility index (Phi) is 4.30. The summed E-state index contributed by atoms with van der Waals surface area (Å²) in [5.74, 6) is -1.56. The minimum absolute atomic E-state index is 0.00243. The molecule has 0 aromatic carbocycles. The van der Waals surface area contributed by atoms with Crippen molar-refractivity contribution in [1.82, 2.24) is 16.0 Å². The van der Waals surface area contributed by atoms with Gasteiger partial charge in [0.1, 0.15) is 12.6 Å². The highest BCUT2D eigenvalue weighted by molar-refractivity contribution is 5.78. The van der Waals surface area contributed by atoms with Crippen LogP contribution in [-0.4, -0.2) is 75.5 Å². The molecule has 3 aliphatic heterocycles. The molecule has 10 N–H and O–H groups in total. The summed E-state index contributed by atoms with van der Waals surface area (Å²) in [7, 11) is 0. The molecular formula is C16H29N7O4+2. The van der Waals surface area contributed by atoms with E-state index in [2.05, 4.69) is 20.9 Å². The zero-order chi connectivity index (χ0) is 19.2. The van der Waals surface area contributed by atoms with Crippen LogP contribution < -0.4 is 32.4 Å². The summed E-state index contributed by atoms with van der Waals surface area (Å²) in [6, 6.07) is -0.912. The van der Waals surface area contributed by atoms with E-state index in [-0.39, 0.29) is 31.0 Å². The fourth-order valence-electron chi connectivity index (χ4n) is 4.84. The number of alkyl carbamates (subject to hydrolysis) is 1. The van der Waals surface area contributed by atoms with E-state index >= 15 is 0 Å². The number of rotatable bonds is 3. The fraction of sp³-hybridized carbons (Fsp3) is 0.812. The predicted octanol–water partition coefficient (Wildman–Crippen LogP) is -4.51. The summed E-state index contributed by atoms with van der Waals surface area (Å²) < 4.78 is 7.06. The molecular weight excluding hydrogens is 354 g/mol. The van der Waals surface area contributed by atoms with Crippen molar-refractivity contribution in [1.29, 1.82) is 0 Å². The molecule has 27 heavy (non-hydrogen) atoms. The smallest absolute Gasteiger partial charge is 0.407 e. The van der Waals surface area contributed by atoms with Crippen LogP contribution in [0.5, 0.6) is 0 Å². The molecule has 11 heteroatoms. The highest BCUT2D eigenvalue weighted by Crippen LogP contribution is 2.36. The van der Waals surface area contributed by atoms with Crippen molar-refractivity contribution in [3.05, 3.63) is 0 Å². The second-order valence-corrected chi connectivity index (χ2v) is 7.86. The fourth-order valence-corrected chi connectivity index (χ4v) is 4.84. The van der Waals surface area contributed by atoms with Gasteiger partial charge in [0.15, 0.2) is 6.04 Å². The van der Waals surface area contributed by atoms with Gasteiger partial charge in [0, 0.05) is 12.5 Å². The molecule has 150 valence electrons. The van der Waals surface area contributed by atoms with Crippen molar-refractivity contribution in [2.75, 3.05) is 13.2 Å². The molecule has 0 radical (unpaired) electrons. The number of nitrogens with zero attached hydrogens (tertiary/aromatic N) is 1. The summed E-state index contributed by atoms with van der Waals surface area (Å²) in [5, 5.41) is 30.2. The van der Waals surface area contributed by atoms with Crippen LogP contribution >= 0.6 is 0 Å². The lowest BCUT2D eigenvalue weighted by atomic mass is 9.87. The van der Waals surface area contributed by atoms with E-state index in [9.17, 15) is 15.0 Å². The van der Waals surface area contributed by atoms with Crippen LogP contribution in [0.4, 0.5) is 4.79 Å². The molecule has 1 aliphatic carbocycles. The number of amides is 1. The van der Waals surface area contributed by atoms with Gasteiger partial charge in [-0.3, -0.25) is 21.8 Å². The normalized spacial score (nSPS) is 34.8. The standard InChI is InChI=1S/C16H27N7O4/c17-12-21-11-10(8-27-14(24)19-9-4-2-1-3-5-9)20-13(18)23-7-6-15(25,26)16(11,23)22-12/h9-11,25-26H,1-8H2,(H6,17,18,19,20,21,22,24)/p+2/t10-,11-,16-/m0/s1. The van der Waals surface area contributed by atoms with Crippen LogP contribution in [0.2, 0.25) is 0 Å². The molecule has 1 spiro atoms. The number of carbonyl (C=O) groups excluding carboxylic acids is 1. The minimum Gasteiger partial charge on any atom is -0.446 e. The number of aliphatic hydroxyl groups is 2. The maximum absolute atomic E-state index is 12.2. The molecule has 11 nitrogen and oxygen atoms in total. The van der Waals surface area contributed by atoms with Gasteiger partial charge in [-0.15, -0.1) is 0 Å². The molecule has 1 saturated heterocycles. The van der Waals surface area contributed by atoms with Crippen molar-refractivity contribution >= 4 is 18.0 Å². The molecule has 2 fully saturated rings. The first-order chi connectivity index (χ1) is 12.8. The van der Waals surface area contributed by atoms with Gasteiger partial charge in [0.25, 0.3) is 5.66 Å². The minimum atomic E-state index is -2.05. The third-order valence-electron chi connectivity index (χ3n) is 6.15. The molecule has 0 aromatic heterocycles. The number of hydrogen-bond donors (Lipinski definition) is 8. The van der Waals surface area contributed by atoms with Gasteiger partial charge in [0.2, 0.25) is 5.79 Å². The van der Waals surface area contributed by atoms with Crippen LogP contribution in [0.1, 0.15) is 38.5 Å². The molecule has 0 aromatic rings. The van der Waals surface area contributed by atoms with E-state index in [0.29, 0.717) is 6.54 Å². The Morgan fingerprint density at radius 3 is 2.81 bits per heavy atom. The van der Waals surface area contributed by atoms with Crippen LogP contribution in [0.25, 0.3) is 0 Å². The molecule has 0 unspecified atom stereocenters. The maximum atomic E-state index is 12.2. The lowest BCUT2D eigenvalue weighted by Crippen LogP contribution is -2.91. The summed E-state index contributed by atoms with van der Waals surface area (Å²) in [6.07, 6.45) is 4.98. The van der Waals surface area contributed by atoms with Crippen molar-refractivity contribution in [2.45, 2.75) is 68.1 Å². The van der Waals surface area contributed by atoms with E-state index in [1.54, 1.807) is 4.58 Å². The van der Waals surface area contributed by atoms with Gasteiger partial charge in [-0.05, 0) is 12.8 Å². The molecule has 0 bridgehead atoms. The van der Waals surface area contributed by atoms with Crippen molar-refractivity contribution in [2.24, 2.45) is 11.5 Å². The van der Waals surface area contributed by atoms with E-state index < -0.39 is 29.6 Å². The van der Waals surface area contributed by atoms with E-state index in [1.165, 1.54) is 6.42 Å². The van der Waals surface area contributed by atoms with Crippen molar-refractivity contribution in [3.8, 4) is 0 Å². The van der Waals surface area contributed by atoms with Gasteiger partial charge in [-0.25, -0.2) is 14.7 Å². The van der Waals surface area contributed by atoms with E-state index in [1.807, 2.05) is 0 Å². The number of nitrogens with one attached hydrogen (secondary N) is 4. The lowest BCUT2D eigenvalue weighted by Gasteiger charge is -2.40. The topological polar surface area (TPSA) is 172 Å². The highest BCUT2D eigenvalue weighted by atomic mass is 16.5. The van der Waals surface area contributed by atoms with Crippen LogP contribution in [0, 0.1) is 0 Å². The number of guanidine groups is 2. The van der Waals surface area contributed by atoms with Gasteiger partial charge in [0.05, 0.1) is 6.54 Å². The SMILES string of the molecule is NC1=[NH+][C@H]2[C@H](COC(=O)NC3CCCCC3)NC(N)=[N+]3CCC(O)(O)[C@]23N1. The zero-order valence-corrected chi connectivity index (χ0v) is 15.2.